The van der Waals surface area contributed by atoms with Crippen LogP contribution in [0.4, 0.5) is 0 Å². The van der Waals surface area contributed by atoms with E-state index >= 15 is 0 Å². The minimum Gasteiger partial charge on any atom is -0.512 e. The van der Waals surface area contributed by atoms with Crippen LogP contribution in [-0.4, -0.2) is 63.5 Å². The van der Waals surface area contributed by atoms with Crippen molar-refractivity contribution in [1.82, 2.24) is 19.9 Å². The van der Waals surface area contributed by atoms with Crippen molar-refractivity contribution in [2.45, 2.75) is 312 Å². The Balaban J connectivity index is 0.000000574. The van der Waals surface area contributed by atoms with Gasteiger partial charge in [-0.2, -0.15) is 68.8 Å². The smallest absolute Gasteiger partial charge is 0.218 e. The average Bonchev–Trinajstić information content (AvgIpc) is 1.65. The van der Waals surface area contributed by atoms with Crippen molar-refractivity contribution < 1.29 is 139 Å². The van der Waals surface area contributed by atoms with Crippen molar-refractivity contribution in [2.75, 3.05) is 0 Å². The summed E-state index contributed by atoms with van der Waals surface area (Å²) in [7, 11) is 0. The van der Waals surface area contributed by atoms with Gasteiger partial charge in [-0.15, -0.1) is 93.9 Å². The Morgan fingerprint density at radius 3 is 0.959 bits per heavy atom. The van der Waals surface area contributed by atoms with Crippen LogP contribution in [0.25, 0.3) is 51.5 Å². The summed E-state index contributed by atoms with van der Waals surface area (Å²) in [5.41, 5.74) is 9.98. The van der Waals surface area contributed by atoms with Gasteiger partial charge in [0.1, 0.15) is 23.0 Å². The predicted octanol–water partition coefficient (Wildman–Crippen LogP) is 37.4. The summed E-state index contributed by atoms with van der Waals surface area (Å²) in [4.78, 5) is 66.3. The number of nitrogens with zero attached hydrogens (tertiary/aromatic N) is 4. The van der Waals surface area contributed by atoms with Crippen LogP contribution in [0.1, 0.15) is 312 Å². The van der Waals surface area contributed by atoms with E-state index in [0.29, 0.717) is 41.1 Å². The molecule has 0 saturated heterocycles. The molecule has 8 aromatic heterocycles. The number of rotatable bonds is 31. The molecular weight excluding hydrogens is 2630 g/mol. The van der Waals surface area contributed by atoms with Gasteiger partial charge in [0.05, 0.1) is 14.1 Å². The molecule has 16 nitrogen and oxygen atoms in total. The van der Waals surface area contributed by atoms with Gasteiger partial charge >= 0.3 is 0 Å². The van der Waals surface area contributed by atoms with Crippen molar-refractivity contribution in [3.8, 4) is 57.6 Å². The summed E-state index contributed by atoms with van der Waals surface area (Å²) in [6, 6.07) is 51.7. The van der Waals surface area contributed by atoms with Gasteiger partial charge in [0.25, 0.3) is 0 Å². The number of thiophene rings is 4. The molecule has 0 fully saturated rings. The number of carbonyl (C=O) groups is 4. The normalized spacial score (nSPS) is 12.0. The zero-order valence-corrected chi connectivity index (χ0v) is 107. The number of aromatic nitrogens is 4. The second-order valence-electron chi connectivity index (χ2n) is 42.9. The third kappa shape index (κ3) is 41.6. The van der Waals surface area contributed by atoms with Crippen LogP contribution >= 0.6 is 45.3 Å². The fourth-order valence-electron chi connectivity index (χ4n) is 13.0. The van der Waals surface area contributed by atoms with E-state index in [1.54, 1.807) is 45.3 Å². The number of ketones is 4. The second-order valence-corrected chi connectivity index (χ2v) is 46.8. The number of aryl methyl sites for hydroxylation is 8. The first kappa shape index (κ1) is 135. The number of hydrogen-bond acceptors (Lipinski definition) is 20. The number of allylic oxidation sites excluding steroid dienone is 8. The monoisotopic (exact) mass is 2800 g/mol. The van der Waals surface area contributed by atoms with Crippen molar-refractivity contribution >= 4 is 109 Å². The molecule has 0 aliphatic heterocycles. The summed E-state index contributed by atoms with van der Waals surface area (Å²) >= 11 is 6.93. The van der Waals surface area contributed by atoms with Crippen LogP contribution in [-0.2, 0) is 99.6 Å². The maximum Gasteiger partial charge on any atom is 0.218 e. The quantitative estimate of drug-likeness (QED) is 0.0179. The third-order valence-electron chi connectivity index (χ3n) is 26.8. The summed E-state index contributed by atoms with van der Waals surface area (Å²) in [6.07, 6.45) is 19.5. The standard InChI is InChI=1S/C21H16NOS.2C18H18NOS.C15H12NOS.4C13H24O2.4Ir/c1-14-8-15(2)10-17(9-14)23-21-11-20-18(12-22-21)19(13-24-20)16-6-4-3-5-7-16;1-11(2)16-8-14-9-18(19-10-17(14)21-16)20-15-6-12(3)5-13(4)7-15;1-11(2)16-10-21-17-9-19-18(8-15(16)17)20-14-6-12(3)5-13(4)7-14;1-10-5-11(2)7-13(6-10)17-15-8-12-3-4-18-14(12)9-16-15;4*1-7-12(3,4)10(14)9-11(15)13(5,6)8-2;;;;/h3-9,11-13H,1-2H3;2*5-6,8-11H,1-4H3;3-6,8-9H,1-2H3;4*9,14H,7-8H2,1-6H3;;;;/q4*-1;;;;;;;;. The van der Waals surface area contributed by atoms with E-state index in [4.69, 9.17) is 18.9 Å². The van der Waals surface area contributed by atoms with Gasteiger partial charge in [0.15, 0.2) is 23.1 Å². The average molecular weight is 2800 g/mol. The molecule has 0 saturated carbocycles. The van der Waals surface area contributed by atoms with E-state index in [-0.39, 0.29) is 170 Å². The molecule has 0 atom stereocenters. The molecule has 0 aliphatic rings. The van der Waals surface area contributed by atoms with Gasteiger partial charge in [0, 0.05) is 246 Å². The molecule has 0 aliphatic carbocycles. The number of aliphatic hydroxyl groups is 4. The minimum atomic E-state index is -0.377. The molecule has 0 spiro atoms. The van der Waals surface area contributed by atoms with Gasteiger partial charge < -0.3 is 39.4 Å². The van der Waals surface area contributed by atoms with Crippen LogP contribution in [0, 0.1) is 123 Å². The summed E-state index contributed by atoms with van der Waals surface area (Å²) in [5, 5.41) is 50.6. The zero-order chi connectivity index (χ0) is 108. The van der Waals surface area contributed by atoms with Gasteiger partial charge in [0.2, 0.25) is 23.5 Å². The number of aliphatic hydroxyl groups excluding tert-OH is 4. The fourth-order valence-corrected chi connectivity index (χ4v) is 16.8. The van der Waals surface area contributed by atoms with Crippen LogP contribution in [0.15, 0.2) is 204 Å². The summed E-state index contributed by atoms with van der Waals surface area (Å²) in [5.74, 6) is 7.16. The molecule has 812 valence electrons. The largest absolute Gasteiger partial charge is 0.512 e. The first-order chi connectivity index (χ1) is 67.1. The van der Waals surface area contributed by atoms with Crippen LogP contribution < -0.4 is 18.9 Å². The van der Waals surface area contributed by atoms with E-state index in [9.17, 15) is 39.6 Å². The summed E-state index contributed by atoms with van der Waals surface area (Å²) in [6.45, 7) is 71.7. The molecule has 24 heteroatoms. The molecule has 0 amide bonds. The molecule has 148 heavy (non-hydrogen) atoms. The Bertz CT molecular complexity index is 6290. The summed E-state index contributed by atoms with van der Waals surface area (Å²) < 4.78 is 28.2. The zero-order valence-electron chi connectivity index (χ0n) is 93.9. The van der Waals surface area contributed by atoms with Crippen LogP contribution in [0.5, 0.6) is 46.5 Å². The topological polar surface area (TPSA) is 238 Å². The van der Waals surface area contributed by atoms with Crippen molar-refractivity contribution in [3.63, 3.8) is 0 Å². The predicted molar refractivity (Wildman–Crippen MR) is 607 cm³/mol. The number of hydrogen-bond donors (Lipinski definition) is 4. The Labute approximate surface area is 955 Å². The molecule has 0 bridgehead atoms. The molecular formula is C124H160Ir4N4O12S4-4. The van der Waals surface area contributed by atoms with Crippen LogP contribution in [0.3, 0.4) is 0 Å². The molecule has 4 radical (unpaired) electrons. The fraction of sp³-hybridized carbons (Fsp3) is 0.435. The van der Waals surface area contributed by atoms with Crippen molar-refractivity contribution in [1.29, 1.82) is 0 Å². The first-order valence-electron chi connectivity index (χ1n) is 50.2. The minimum absolute atomic E-state index is 0. The van der Waals surface area contributed by atoms with E-state index in [1.807, 2.05) is 280 Å². The molecule has 4 N–H and O–H groups in total. The molecule has 5 aromatic carbocycles. The Morgan fingerprint density at radius 1 is 0.331 bits per heavy atom. The molecule has 0 unspecified atom stereocenters. The van der Waals surface area contributed by atoms with Gasteiger partial charge in [-0.25, -0.2) is 19.9 Å². The first-order valence-corrected chi connectivity index (χ1v) is 53.7. The van der Waals surface area contributed by atoms with Crippen LogP contribution in [0.2, 0.25) is 0 Å². The van der Waals surface area contributed by atoms with Gasteiger partial charge in [-0.05, 0) is 113 Å². The number of carbonyl (C=O) groups excluding carboxylic acids is 4. The molecule has 13 aromatic rings. The van der Waals surface area contributed by atoms with Crippen molar-refractivity contribution in [3.05, 3.63) is 283 Å². The number of fused-ring (bicyclic) bond motifs is 4. The van der Waals surface area contributed by atoms with E-state index in [2.05, 4.69) is 169 Å². The Kier molecular flexibility index (Phi) is 55.4. The van der Waals surface area contributed by atoms with Gasteiger partial charge in [-0.1, -0.05) is 280 Å². The molecule has 13 rings (SSSR count). The maximum absolute atomic E-state index is 11.8. The van der Waals surface area contributed by atoms with Gasteiger partial charge in [-0.3, -0.25) is 19.2 Å². The number of ether oxygens (including phenoxy) is 4. The van der Waals surface area contributed by atoms with E-state index < -0.39 is 0 Å². The van der Waals surface area contributed by atoms with E-state index in [1.165, 1.54) is 86.6 Å². The number of benzene rings is 5. The maximum atomic E-state index is 11.8. The van der Waals surface area contributed by atoms with E-state index in [0.717, 1.165) is 113 Å². The Morgan fingerprint density at radius 2 is 0.635 bits per heavy atom. The third-order valence-corrected chi connectivity index (χ3v) is 31.0. The Hall–Kier alpha value is -8.82. The number of pyridine rings is 4. The SMILES string of the molecule is CCC(C)(C)C(=O)C=C(O)C(C)(C)CC.CCC(C)(C)C(=O)C=C(O)C(C)(C)CC.CCC(C)(C)C(=O)C=C(O)C(C)(C)CC.CCC(C)(C)C(=O)C=C(O)C(C)(C)CC.Cc1[c-]c(Oc2cc3c(C(C)C)csc3cn2)cc(C)c1.Cc1[c-]c(Oc2cc3cc(C(C)C)sc3cn2)cc(C)c1.Cc1[c-]c(Oc2cc3ccsc3cn2)cc(C)c1.Cc1[c-]c(Oc2cc3scc(-c4ccccc4)c3cn2)cc(C)c1.[Ir].[Ir].[Ir].[Ir]. The second kappa shape index (κ2) is 60.6. The molecule has 8 heterocycles. The van der Waals surface area contributed by atoms with Crippen molar-refractivity contribution in [2.24, 2.45) is 43.3 Å².